The van der Waals surface area contributed by atoms with E-state index in [-0.39, 0.29) is 11.7 Å². The largest absolute Gasteiger partial charge is 0.459 e. The van der Waals surface area contributed by atoms with E-state index in [9.17, 15) is 14.9 Å². The molecule has 7 nitrogen and oxygen atoms in total. The van der Waals surface area contributed by atoms with Gasteiger partial charge in [-0.25, -0.2) is 9.79 Å². The third kappa shape index (κ3) is 5.34. The Labute approximate surface area is 256 Å². The van der Waals surface area contributed by atoms with Gasteiger partial charge in [0.05, 0.1) is 39.6 Å². The van der Waals surface area contributed by atoms with E-state index in [0.717, 1.165) is 27.6 Å². The van der Waals surface area contributed by atoms with Crippen molar-refractivity contribution < 1.29 is 9.53 Å². The number of fused-ring (bicyclic) bond motifs is 2. The Bertz CT molecular complexity index is 2150. The molecule has 2 aromatic heterocycles. The van der Waals surface area contributed by atoms with E-state index in [1.54, 1.807) is 37.5 Å². The Hall–Kier alpha value is -4.71. The number of nitrogens with zero attached hydrogens (tertiary/aromatic N) is 4. The quantitative estimate of drug-likeness (QED) is 0.231. The SMILES string of the molecule is CC1=C(C(=O)OC(C)C)[C@@H](c2ccc(Cl)cc2)n2c(s/c(=C/c3cn(Cc4ccccc4C#N)c4ccccc34)c2=O)=N1. The molecule has 0 spiro atoms. The summed E-state index contributed by atoms with van der Waals surface area (Å²) in [5, 5.41) is 11.1. The second kappa shape index (κ2) is 11.5. The van der Waals surface area contributed by atoms with Gasteiger partial charge in [0, 0.05) is 34.2 Å². The smallest absolute Gasteiger partial charge is 0.338 e. The summed E-state index contributed by atoms with van der Waals surface area (Å²) in [6.45, 7) is 5.85. The van der Waals surface area contributed by atoms with Gasteiger partial charge in [0.2, 0.25) is 0 Å². The Kier molecular flexibility index (Phi) is 7.61. The van der Waals surface area contributed by atoms with Crippen LogP contribution in [0.15, 0.2) is 100 Å². The van der Waals surface area contributed by atoms with E-state index in [1.165, 1.54) is 11.3 Å². The molecule has 43 heavy (non-hydrogen) atoms. The molecule has 0 amide bonds. The number of halogens is 1. The topological polar surface area (TPSA) is 89.4 Å². The van der Waals surface area contributed by atoms with Crippen LogP contribution in [0.3, 0.4) is 0 Å². The maximum absolute atomic E-state index is 14.1. The predicted molar refractivity (Wildman–Crippen MR) is 169 cm³/mol. The van der Waals surface area contributed by atoms with Crippen LogP contribution in [-0.2, 0) is 16.1 Å². The Balaban J connectivity index is 1.51. The van der Waals surface area contributed by atoms with Crippen LogP contribution in [0.25, 0.3) is 17.0 Å². The number of ether oxygens (including phenoxy) is 1. The minimum atomic E-state index is -0.717. The first-order valence-corrected chi connectivity index (χ1v) is 15.0. The summed E-state index contributed by atoms with van der Waals surface area (Å²) in [6, 6.07) is 24.2. The molecule has 5 aromatic rings. The van der Waals surface area contributed by atoms with Crippen molar-refractivity contribution in [1.82, 2.24) is 9.13 Å². The number of hydrogen-bond acceptors (Lipinski definition) is 6. The third-order valence-corrected chi connectivity index (χ3v) is 8.59. The average Bonchev–Trinajstić information content (AvgIpc) is 3.49. The van der Waals surface area contributed by atoms with Crippen molar-refractivity contribution >= 4 is 45.9 Å². The first-order valence-electron chi connectivity index (χ1n) is 13.8. The van der Waals surface area contributed by atoms with Gasteiger partial charge in [0.25, 0.3) is 5.56 Å². The van der Waals surface area contributed by atoms with Crippen molar-refractivity contribution in [3.8, 4) is 6.07 Å². The zero-order valence-corrected chi connectivity index (χ0v) is 25.3. The first kappa shape index (κ1) is 28.4. The van der Waals surface area contributed by atoms with E-state index in [1.807, 2.05) is 72.9 Å². The standard InChI is InChI=1S/C34H27ClN4O3S/c1-20(2)42-33(41)30-21(3)37-34-39(31(30)22-12-14-26(35)15-13-22)32(40)29(43-34)16-25-19-38(28-11-7-6-10-27(25)28)18-24-9-5-4-8-23(24)17-36/h4-16,19-20,31H,18H2,1-3H3/b29-16+/t31-/m1/s1. The summed E-state index contributed by atoms with van der Waals surface area (Å²) in [7, 11) is 0. The molecule has 0 saturated carbocycles. The van der Waals surface area contributed by atoms with E-state index in [4.69, 9.17) is 21.3 Å². The van der Waals surface area contributed by atoms with Crippen LogP contribution < -0.4 is 14.9 Å². The van der Waals surface area contributed by atoms with Crippen LogP contribution in [0, 0.1) is 11.3 Å². The number of carbonyl (C=O) groups is 1. The molecule has 9 heteroatoms. The van der Waals surface area contributed by atoms with Gasteiger partial charge in [-0.1, -0.05) is 71.5 Å². The number of allylic oxidation sites excluding steroid dienone is 1. The number of hydrogen-bond donors (Lipinski definition) is 0. The van der Waals surface area contributed by atoms with Gasteiger partial charge in [-0.05, 0) is 62.2 Å². The first-order chi connectivity index (χ1) is 20.7. The summed E-state index contributed by atoms with van der Waals surface area (Å²) in [5.74, 6) is -0.508. The molecule has 0 fully saturated rings. The lowest BCUT2D eigenvalue weighted by atomic mass is 9.96. The van der Waals surface area contributed by atoms with E-state index in [2.05, 4.69) is 10.6 Å². The van der Waals surface area contributed by atoms with Crippen molar-refractivity contribution in [2.24, 2.45) is 4.99 Å². The molecule has 1 aliphatic rings. The van der Waals surface area contributed by atoms with Crippen molar-refractivity contribution in [2.75, 3.05) is 0 Å². The summed E-state index contributed by atoms with van der Waals surface area (Å²) in [4.78, 5) is 32.6. The molecule has 3 aromatic carbocycles. The molecule has 0 N–H and O–H groups in total. The van der Waals surface area contributed by atoms with Crippen molar-refractivity contribution in [3.05, 3.63) is 137 Å². The fourth-order valence-electron chi connectivity index (χ4n) is 5.43. The summed E-state index contributed by atoms with van der Waals surface area (Å²) in [6.07, 6.45) is 3.55. The zero-order chi connectivity index (χ0) is 30.2. The number of thiazole rings is 1. The van der Waals surface area contributed by atoms with Gasteiger partial charge in [0.1, 0.15) is 0 Å². The molecule has 0 radical (unpaired) electrons. The van der Waals surface area contributed by atoms with Crippen LogP contribution in [0.1, 0.15) is 49.1 Å². The summed E-state index contributed by atoms with van der Waals surface area (Å²) in [5.41, 5.74) is 4.70. The number of esters is 1. The molecular formula is C34H27ClN4O3S. The molecule has 0 unspecified atom stereocenters. The highest BCUT2D eigenvalue weighted by atomic mass is 35.5. The molecule has 6 rings (SSSR count). The Morgan fingerprint density at radius 1 is 1.12 bits per heavy atom. The maximum atomic E-state index is 14.1. The van der Waals surface area contributed by atoms with Gasteiger partial charge in [0.15, 0.2) is 4.80 Å². The van der Waals surface area contributed by atoms with Gasteiger partial charge >= 0.3 is 5.97 Å². The van der Waals surface area contributed by atoms with Gasteiger partial charge in [-0.15, -0.1) is 0 Å². The lowest BCUT2D eigenvalue weighted by Gasteiger charge is -2.25. The second-order valence-electron chi connectivity index (χ2n) is 10.6. The van der Waals surface area contributed by atoms with Gasteiger partial charge < -0.3 is 9.30 Å². The number of nitriles is 1. The Morgan fingerprint density at radius 3 is 2.58 bits per heavy atom. The van der Waals surface area contributed by atoms with E-state index < -0.39 is 12.0 Å². The van der Waals surface area contributed by atoms with Gasteiger partial charge in [-0.2, -0.15) is 5.26 Å². The van der Waals surface area contributed by atoms with Gasteiger partial charge in [-0.3, -0.25) is 9.36 Å². The van der Waals surface area contributed by atoms with Crippen LogP contribution in [-0.4, -0.2) is 21.2 Å². The van der Waals surface area contributed by atoms with E-state index in [0.29, 0.717) is 37.7 Å². The van der Waals surface area contributed by atoms with Crippen molar-refractivity contribution in [3.63, 3.8) is 0 Å². The Morgan fingerprint density at radius 2 is 1.84 bits per heavy atom. The van der Waals surface area contributed by atoms with Crippen LogP contribution >= 0.6 is 22.9 Å². The number of para-hydroxylation sites is 1. The monoisotopic (exact) mass is 606 g/mol. The van der Waals surface area contributed by atoms with Crippen molar-refractivity contribution in [2.45, 2.75) is 39.5 Å². The minimum Gasteiger partial charge on any atom is -0.459 e. The second-order valence-corrected chi connectivity index (χ2v) is 12.0. The summed E-state index contributed by atoms with van der Waals surface area (Å²) >= 11 is 7.46. The van der Waals surface area contributed by atoms with Crippen LogP contribution in [0.5, 0.6) is 0 Å². The fraction of sp³-hybridized carbons (Fsp3) is 0.176. The zero-order valence-electron chi connectivity index (χ0n) is 23.7. The molecular weight excluding hydrogens is 580 g/mol. The lowest BCUT2D eigenvalue weighted by Crippen LogP contribution is -2.40. The predicted octanol–water partition coefficient (Wildman–Crippen LogP) is 5.71. The average molecular weight is 607 g/mol. The highest BCUT2D eigenvalue weighted by Crippen LogP contribution is 2.32. The van der Waals surface area contributed by atoms with E-state index >= 15 is 0 Å². The third-order valence-electron chi connectivity index (χ3n) is 7.35. The number of benzene rings is 3. The summed E-state index contributed by atoms with van der Waals surface area (Å²) < 4.78 is 9.74. The molecule has 0 bridgehead atoms. The molecule has 1 atom stereocenters. The molecule has 1 aliphatic heterocycles. The highest BCUT2D eigenvalue weighted by molar-refractivity contribution is 7.07. The lowest BCUT2D eigenvalue weighted by molar-refractivity contribution is -0.143. The number of rotatable bonds is 6. The van der Waals surface area contributed by atoms with Crippen molar-refractivity contribution in [1.29, 1.82) is 5.26 Å². The fourth-order valence-corrected chi connectivity index (χ4v) is 6.60. The molecule has 0 aliphatic carbocycles. The number of carbonyl (C=O) groups excluding carboxylic acids is 1. The van der Waals surface area contributed by atoms with Crippen LogP contribution in [0.4, 0.5) is 0 Å². The number of aromatic nitrogens is 2. The molecule has 3 heterocycles. The maximum Gasteiger partial charge on any atom is 0.338 e. The minimum absolute atomic E-state index is 0.252. The highest BCUT2D eigenvalue weighted by Gasteiger charge is 2.33. The normalized spacial score (nSPS) is 15.0. The molecule has 0 saturated heterocycles. The molecule has 214 valence electrons. The van der Waals surface area contributed by atoms with Crippen LogP contribution in [0.2, 0.25) is 5.02 Å².